The van der Waals surface area contributed by atoms with Crippen LogP contribution < -0.4 is 4.74 Å². The van der Waals surface area contributed by atoms with Crippen molar-refractivity contribution in [2.45, 2.75) is 30.3 Å². The van der Waals surface area contributed by atoms with E-state index in [0.29, 0.717) is 18.4 Å². The molecule has 138 valence electrons. The van der Waals surface area contributed by atoms with Crippen LogP contribution in [0.1, 0.15) is 18.4 Å². The van der Waals surface area contributed by atoms with Gasteiger partial charge >= 0.3 is 0 Å². The third kappa shape index (κ3) is 3.68. The van der Waals surface area contributed by atoms with Gasteiger partial charge in [-0.25, -0.2) is 12.8 Å². The number of rotatable bonds is 7. The first kappa shape index (κ1) is 18.3. The number of nitrogens with zero attached hydrogens (tertiary/aromatic N) is 2. The molecule has 0 bridgehead atoms. The lowest BCUT2D eigenvalue weighted by atomic mass is 10.2. The van der Waals surface area contributed by atoms with Crippen LogP contribution in [-0.2, 0) is 16.6 Å². The van der Waals surface area contributed by atoms with Gasteiger partial charge in [0.2, 0.25) is 10.0 Å². The monoisotopic (exact) mass is 380 g/mol. The number of methoxy groups -OCH3 is 1. The van der Waals surface area contributed by atoms with Crippen molar-refractivity contribution >= 4 is 15.7 Å². The Morgan fingerprint density at radius 3 is 2.42 bits per heavy atom. The summed E-state index contributed by atoms with van der Waals surface area (Å²) in [6, 6.07) is 8.95. The summed E-state index contributed by atoms with van der Waals surface area (Å²) in [5.74, 6) is -0.215. The fraction of sp³-hybridized carbons (Fsp3) is 0.294. The minimum absolute atomic E-state index is 0.0243. The molecule has 7 nitrogen and oxygen atoms in total. The zero-order valence-electron chi connectivity index (χ0n) is 14.0. The first-order valence-corrected chi connectivity index (χ1v) is 9.35. The number of hydrogen-bond donors (Lipinski definition) is 0. The Labute approximate surface area is 150 Å². The topological polar surface area (TPSA) is 89.8 Å². The Balaban J connectivity index is 2.01. The molecule has 3 rings (SSSR count). The maximum atomic E-state index is 13.1. The molecule has 0 spiro atoms. The summed E-state index contributed by atoms with van der Waals surface area (Å²) >= 11 is 0. The summed E-state index contributed by atoms with van der Waals surface area (Å²) in [6.45, 7) is 0.0243. The zero-order valence-corrected chi connectivity index (χ0v) is 14.8. The smallest absolute Gasteiger partial charge is 0.293 e. The molecule has 0 aromatic heterocycles. The SMILES string of the molecule is COc1ccc(S(=O)(=O)N(Cc2ccc(F)cc2)C2CC2)c([N+](=O)[O-])c1. The van der Waals surface area contributed by atoms with Gasteiger partial charge in [0.15, 0.2) is 4.90 Å². The van der Waals surface area contributed by atoms with Crippen molar-refractivity contribution in [3.8, 4) is 5.75 Å². The lowest BCUT2D eigenvalue weighted by Gasteiger charge is -2.22. The largest absolute Gasteiger partial charge is 0.497 e. The van der Waals surface area contributed by atoms with Crippen LogP contribution in [0.4, 0.5) is 10.1 Å². The predicted octanol–water partition coefficient (Wildman–Crippen LogP) is 3.10. The van der Waals surface area contributed by atoms with E-state index < -0.39 is 26.5 Å². The fourth-order valence-electron chi connectivity index (χ4n) is 2.65. The second-order valence-electron chi connectivity index (χ2n) is 6.00. The second-order valence-corrected chi connectivity index (χ2v) is 7.86. The molecule has 0 atom stereocenters. The van der Waals surface area contributed by atoms with Crippen LogP contribution in [0.2, 0.25) is 0 Å². The quantitative estimate of drug-likeness (QED) is 0.544. The van der Waals surface area contributed by atoms with Gasteiger partial charge in [-0.15, -0.1) is 0 Å². The molecule has 26 heavy (non-hydrogen) atoms. The van der Waals surface area contributed by atoms with Gasteiger partial charge in [0.25, 0.3) is 5.69 Å². The summed E-state index contributed by atoms with van der Waals surface area (Å²) in [6.07, 6.45) is 1.37. The molecule has 1 aliphatic carbocycles. The number of nitro groups is 1. The molecule has 0 heterocycles. The maximum absolute atomic E-state index is 13.1. The van der Waals surface area contributed by atoms with Crippen molar-refractivity contribution in [2.24, 2.45) is 0 Å². The lowest BCUT2D eigenvalue weighted by Crippen LogP contribution is -2.33. The summed E-state index contributed by atoms with van der Waals surface area (Å²) < 4.78 is 45.5. The molecule has 1 saturated carbocycles. The summed E-state index contributed by atoms with van der Waals surface area (Å²) in [4.78, 5) is 10.3. The molecule has 0 N–H and O–H groups in total. The molecule has 1 fully saturated rings. The van der Waals surface area contributed by atoms with Crippen molar-refractivity contribution in [3.05, 3.63) is 64.0 Å². The predicted molar refractivity (Wildman–Crippen MR) is 91.8 cm³/mol. The minimum atomic E-state index is -4.10. The van der Waals surface area contributed by atoms with Crippen molar-refractivity contribution in [2.75, 3.05) is 7.11 Å². The Morgan fingerprint density at radius 2 is 1.88 bits per heavy atom. The van der Waals surface area contributed by atoms with Crippen LogP contribution in [0.15, 0.2) is 47.4 Å². The molecule has 2 aromatic rings. The van der Waals surface area contributed by atoms with Gasteiger partial charge in [-0.3, -0.25) is 10.1 Å². The molecule has 0 amide bonds. The number of hydrogen-bond acceptors (Lipinski definition) is 5. The number of sulfonamides is 1. The van der Waals surface area contributed by atoms with E-state index in [0.717, 1.165) is 6.07 Å². The summed E-state index contributed by atoms with van der Waals surface area (Å²) in [5.41, 5.74) is 0.0761. The van der Waals surface area contributed by atoms with Gasteiger partial charge in [-0.05, 0) is 42.7 Å². The van der Waals surface area contributed by atoms with E-state index in [1.807, 2.05) is 0 Å². The first-order valence-electron chi connectivity index (χ1n) is 7.91. The van der Waals surface area contributed by atoms with E-state index in [9.17, 15) is 22.9 Å². The van der Waals surface area contributed by atoms with E-state index in [1.165, 1.54) is 47.8 Å². The molecule has 1 aliphatic rings. The highest BCUT2D eigenvalue weighted by atomic mass is 32.2. The van der Waals surface area contributed by atoms with Crippen molar-refractivity contribution in [1.82, 2.24) is 4.31 Å². The van der Waals surface area contributed by atoms with Gasteiger partial charge in [0.1, 0.15) is 11.6 Å². The fourth-order valence-corrected chi connectivity index (χ4v) is 4.47. The van der Waals surface area contributed by atoms with E-state index in [2.05, 4.69) is 0 Å². The van der Waals surface area contributed by atoms with E-state index >= 15 is 0 Å². The standard InChI is InChI=1S/C17H17FN2O5S/c1-25-15-8-9-17(16(10-15)20(21)22)26(23,24)19(14-6-7-14)11-12-2-4-13(18)5-3-12/h2-5,8-10,14H,6-7,11H2,1H3. The summed E-state index contributed by atoms with van der Waals surface area (Å²) in [7, 11) is -2.76. The van der Waals surface area contributed by atoms with E-state index in [1.54, 1.807) is 0 Å². The highest BCUT2D eigenvalue weighted by Gasteiger charge is 2.41. The number of ether oxygens (including phenoxy) is 1. The first-order chi connectivity index (χ1) is 12.3. The molecular weight excluding hydrogens is 363 g/mol. The molecule has 2 aromatic carbocycles. The maximum Gasteiger partial charge on any atom is 0.293 e. The van der Waals surface area contributed by atoms with Crippen molar-refractivity contribution in [1.29, 1.82) is 0 Å². The molecule has 0 radical (unpaired) electrons. The van der Waals surface area contributed by atoms with Crippen LogP contribution in [0, 0.1) is 15.9 Å². The van der Waals surface area contributed by atoms with Crippen LogP contribution in [0.25, 0.3) is 0 Å². The van der Waals surface area contributed by atoms with Gasteiger partial charge in [-0.1, -0.05) is 12.1 Å². The highest BCUT2D eigenvalue weighted by molar-refractivity contribution is 7.89. The van der Waals surface area contributed by atoms with Crippen molar-refractivity contribution in [3.63, 3.8) is 0 Å². The molecule has 9 heteroatoms. The minimum Gasteiger partial charge on any atom is -0.497 e. The zero-order chi connectivity index (χ0) is 18.9. The molecule has 0 saturated heterocycles. The van der Waals surface area contributed by atoms with Crippen LogP contribution in [0.3, 0.4) is 0 Å². The number of nitro benzene ring substituents is 1. The van der Waals surface area contributed by atoms with Crippen LogP contribution in [-0.4, -0.2) is 30.8 Å². The average molecular weight is 380 g/mol. The normalized spacial score (nSPS) is 14.4. The van der Waals surface area contributed by atoms with E-state index in [-0.39, 0.29) is 23.2 Å². The Bertz CT molecular complexity index is 927. The van der Waals surface area contributed by atoms with Crippen molar-refractivity contribution < 1.29 is 22.5 Å². The molecular formula is C17H17FN2O5S. The average Bonchev–Trinajstić information content (AvgIpc) is 3.45. The van der Waals surface area contributed by atoms with Crippen LogP contribution >= 0.6 is 0 Å². The summed E-state index contributed by atoms with van der Waals surface area (Å²) in [5, 5.41) is 11.4. The Morgan fingerprint density at radius 1 is 1.23 bits per heavy atom. The van der Waals surface area contributed by atoms with Gasteiger partial charge in [-0.2, -0.15) is 4.31 Å². The van der Waals surface area contributed by atoms with E-state index in [4.69, 9.17) is 4.74 Å². The lowest BCUT2D eigenvalue weighted by molar-refractivity contribution is -0.387. The number of benzene rings is 2. The Kier molecular flexibility index (Phi) is 4.92. The second kappa shape index (κ2) is 7.00. The third-order valence-corrected chi connectivity index (χ3v) is 6.10. The van der Waals surface area contributed by atoms with Gasteiger partial charge in [0.05, 0.1) is 18.1 Å². The van der Waals surface area contributed by atoms with Gasteiger partial charge < -0.3 is 4.74 Å². The third-order valence-electron chi connectivity index (χ3n) is 4.16. The van der Waals surface area contributed by atoms with Gasteiger partial charge in [0, 0.05) is 12.6 Å². The molecule has 0 aliphatic heterocycles. The van der Waals surface area contributed by atoms with Crippen LogP contribution in [0.5, 0.6) is 5.75 Å². The number of halogens is 1. The molecule has 0 unspecified atom stereocenters. The highest BCUT2D eigenvalue weighted by Crippen LogP contribution is 2.37. The Hall–Kier alpha value is -2.52.